The monoisotopic (exact) mass is 424 g/mol. The summed E-state index contributed by atoms with van der Waals surface area (Å²) in [7, 11) is 0. The van der Waals surface area contributed by atoms with Gasteiger partial charge in [-0.2, -0.15) is 0 Å². The molecule has 0 unspecified atom stereocenters. The zero-order chi connectivity index (χ0) is 21.6. The summed E-state index contributed by atoms with van der Waals surface area (Å²) in [5.41, 5.74) is 4.26. The van der Waals surface area contributed by atoms with Crippen molar-refractivity contribution in [3.63, 3.8) is 0 Å². The minimum Gasteiger partial charge on any atom is -0.490 e. The first kappa shape index (κ1) is 21.8. The summed E-state index contributed by atoms with van der Waals surface area (Å²) >= 11 is 0. The van der Waals surface area contributed by atoms with Crippen molar-refractivity contribution in [2.75, 3.05) is 45.9 Å². The van der Waals surface area contributed by atoms with Crippen LogP contribution in [-0.2, 0) is 9.53 Å². The van der Waals surface area contributed by atoms with Crippen LogP contribution in [0.15, 0.2) is 36.4 Å². The van der Waals surface area contributed by atoms with Gasteiger partial charge in [0.05, 0.1) is 19.8 Å². The number of nitrogens with one attached hydrogen (secondary N) is 1. The number of hydrogen-bond acceptors (Lipinski definition) is 6. The SMILES string of the molecule is Cc1cc(OC(=O)CN2CCOCC2)cc(-c2c(C)cccc2OC2CCNCC2)c1. The molecule has 6 heteroatoms. The van der Waals surface area contributed by atoms with Crippen molar-refractivity contribution in [3.8, 4) is 22.6 Å². The van der Waals surface area contributed by atoms with E-state index in [9.17, 15) is 4.79 Å². The van der Waals surface area contributed by atoms with E-state index in [-0.39, 0.29) is 18.6 Å². The van der Waals surface area contributed by atoms with Crippen LogP contribution < -0.4 is 14.8 Å². The van der Waals surface area contributed by atoms with Gasteiger partial charge >= 0.3 is 5.97 Å². The van der Waals surface area contributed by atoms with Gasteiger partial charge in [-0.1, -0.05) is 18.2 Å². The first-order valence-electron chi connectivity index (χ1n) is 11.2. The number of aryl methyl sites for hydroxylation is 2. The topological polar surface area (TPSA) is 60.0 Å². The summed E-state index contributed by atoms with van der Waals surface area (Å²) in [6.07, 6.45) is 2.23. The van der Waals surface area contributed by atoms with Crippen molar-refractivity contribution in [1.29, 1.82) is 0 Å². The van der Waals surface area contributed by atoms with Crippen LogP contribution in [0.25, 0.3) is 11.1 Å². The van der Waals surface area contributed by atoms with Crippen LogP contribution in [0.2, 0.25) is 0 Å². The van der Waals surface area contributed by atoms with Crippen LogP contribution in [0.1, 0.15) is 24.0 Å². The molecule has 2 aliphatic rings. The zero-order valence-electron chi connectivity index (χ0n) is 18.5. The van der Waals surface area contributed by atoms with Crippen LogP contribution >= 0.6 is 0 Å². The molecular weight excluding hydrogens is 392 g/mol. The molecule has 2 aromatic carbocycles. The Morgan fingerprint density at radius 2 is 1.90 bits per heavy atom. The molecule has 2 aromatic rings. The third-order valence-electron chi connectivity index (χ3n) is 5.84. The molecule has 2 aliphatic heterocycles. The van der Waals surface area contributed by atoms with Crippen LogP contribution in [0.4, 0.5) is 0 Å². The standard InChI is InChI=1S/C25H32N2O4/c1-18-14-20(16-22(15-18)31-24(28)17-27-10-12-29-13-11-27)25-19(2)4-3-5-23(25)30-21-6-8-26-9-7-21/h3-5,14-16,21,26H,6-13,17H2,1-2H3. The minimum atomic E-state index is -0.241. The summed E-state index contributed by atoms with van der Waals surface area (Å²) < 4.78 is 17.5. The van der Waals surface area contributed by atoms with E-state index >= 15 is 0 Å². The molecule has 0 amide bonds. The van der Waals surface area contributed by atoms with Crippen molar-refractivity contribution in [3.05, 3.63) is 47.5 Å². The molecule has 2 saturated heterocycles. The average molecular weight is 425 g/mol. The Bertz CT molecular complexity index is 902. The predicted octanol–water partition coefficient (Wildman–Crippen LogP) is 3.34. The lowest BCUT2D eigenvalue weighted by molar-refractivity contribution is -0.136. The quantitative estimate of drug-likeness (QED) is 0.567. The minimum absolute atomic E-state index is 0.220. The molecule has 0 saturated carbocycles. The normalized spacial score (nSPS) is 18.0. The highest BCUT2D eigenvalue weighted by Gasteiger charge is 2.19. The van der Waals surface area contributed by atoms with Gasteiger partial charge in [0.2, 0.25) is 0 Å². The maximum absolute atomic E-state index is 12.5. The Morgan fingerprint density at radius 3 is 2.68 bits per heavy atom. The van der Waals surface area contributed by atoms with Crippen LogP contribution in [-0.4, -0.2) is 62.9 Å². The highest BCUT2D eigenvalue weighted by atomic mass is 16.5. The van der Waals surface area contributed by atoms with E-state index in [4.69, 9.17) is 14.2 Å². The fourth-order valence-electron chi connectivity index (χ4n) is 4.26. The maximum atomic E-state index is 12.5. The smallest absolute Gasteiger partial charge is 0.325 e. The summed E-state index contributed by atoms with van der Waals surface area (Å²) in [6, 6.07) is 12.1. The van der Waals surface area contributed by atoms with E-state index in [0.717, 1.165) is 67.0 Å². The Morgan fingerprint density at radius 1 is 1.13 bits per heavy atom. The molecule has 6 nitrogen and oxygen atoms in total. The number of esters is 1. The molecule has 31 heavy (non-hydrogen) atoms. The molecule has 0 spiro atoms. The molecule has 2 fully saturated rings. The van der Waals surface area contributed by atoms with Crippen molar-refractivity contribution < 1.29 is 19.0 Å². The largest absolute Gasteiger partial charge is 0.490 e. The van der Waals surface area contributed by atoms with E-state index in [1.165, 1.54) is 0 Å². The fraction of sp³-hybridized carbons (Fsp3) is 0.480. The first-order chi connectivity index (χ1) is 15.1. The second-order valence-corrected chi connectivity index (χ2v) is 8.41. The predicted molar refractivity (Wildman–Crippen MR) is 121 cm³/mol. The summed E-state index contributed by atoms with van der Waals surface area (Å²) in [5, 5.41) is 3.38. The number of rotatable bonds is 6. The number of nitrogens with zero attached hydrogens (tertiary/aromatic N) is 1. The van der Waals surface area contributed by atoms with Gasteiger partial charge in [0.15, 0.2) is 0 Å². The van der Waals surface area contributed by atoms with Gasteiger partial charge < -0.3 is 19.5 Å². The zero-order valence-corrected chi connectivity index (χ0v) is 18.5. The Hall–Kier alpha value is -2.41. The lowest BCUT2D eigenvalue weighted by Crippen LogP contribution is -2.40. The number of carbonyl (C=O) groups excluding carboxylic acids is 1. The fourth-order valence-corrected chi connectivity index (χ4v) is 4.26. The third kappa shape index (κ3) is 5.85. The Balaban J connectivity index is 1.54. The summed E-state index contributed by atoms with van der Waals surface area (Å²) in [6.45, 7) is 9.21. The second kappa shape index (κ2) is 10.3. The van der Waals surface area contributed by atoms with Crippen LogP contribution in [0, 0.1) is 13.8 Å². The maximum Gasteiger partial charge on any atom is 0.325 e. The number of morpholine rings is 1. The molecule has 166 valence electrons. The van der Waals surface area contributed by atoms with Gasteiger partial charge in [0.25, 0.3) is 0 Å². The first-order valence-corrected chi connectivity index (χ1v) is 11.2. The second-order valence-electron chi connectivity index (χ2n) is 8.41. The van der Waals surface area contributed by atoms with Gasteiger partial charge in [-0.25, -0.2) is 0 Å². The van der Waals surface area contributed by atoms with Gasteiger partial charge in [0.1, 0.15) is 17.6 Å². The average Bonchev–Trinajstić information content (AvgIpc) is 2.75. The van der Waals surface area contributed by atoms with E-state index in [2.05, 4.69) is 29.3 Å². The van der Waals surface area contributed by atoms with Crippen molar-refractivity contribution in [2.45, 2.75) is 32.8 Å². The number of benzene rings is 2. The molecular formula is C25H32N2O4. The van der Waals surface area contributed by atoms with Gasteiger partial charge in [-0.3, -0.25) is 9.69 Å². The van der Waals surface area contributed by atoms with E-state index in [1.54, 1.807) is 0 Å². The van der Waals surface area contributed by atoms with Crippen molar-refractivity contribution in [2.24, 2.45) is 0 Å². The molecule has 0 aliphatic carbocycles. The van der Waals surface area contributed by atoms with E-state index < -0.39 is 0 Å². The van der Waals surface area contributed by atoms with Crippen LogP contribution in [0.3, 0.4) is 0 Å². The molecule has 0 aromatic heterocycles. The number of hydrogen-bond donors (Lipinski definition) is 1. The van der Waals surface area contributed by atoms with Crippen molar-refractivity contribution in [1.82, 2.24) is 10.2 Å². The summed E-state index contributed by atoms with van der Waals surface area (Å²) in [5.74, 6) is 1.22. The van der Waals surface area contributed by atoms with E-state index in [1.807, 2.05) is 31.2 Å². The van der Waals surface area contributed by atoms with Crippen molar-refractivity contribution >= 4 is 5.97 Å². The Kier molecular flexibility index (Phi) is 7.22. The molecule has 2 heterocycles. The van der Waals surface area contributed by atoms with Gasteiger partial charge in [-0.15, -0.1) is 0 Å². The van der Waals surface area contributed by atoms with Crippen LogP contribution in [0.5, 0.6) is 11.5 Å². The third-order valence-corrected chi connectivity index (χ3v) is 5.84. The molecule has 0 bridgehead atoms. The molecule has 1 N–H and O–H groups in total. The highest BCUT2D eigenvalue weighted by molar-refractivity contribution is 5.78. The number of carbonyl (C=O) groups is 1. The van der Waals surface area contributed by atoms with E-state index in [0.29, 0.717) is 19.0 Å². The lowest BCUT2D eigenvalue weighted by Gasteiger charge is -2.26. The number of piperidine rings is 1. The van der Waals surface area contributed by atoms with Gasteiger partial charge in [0, 0.05) is 18.7 Å². The highest BCUT2D eigenvalue weighted by Crippen LogP contribution is 2.37. The lowest BCUT2D eigenvalue weighted by atomic mass is 9.97. The van der Waals surface area contributed by atoms with Gasteiger partial charge in [-0.05, 0) is 74.7 Å². The molecule has 0 atom stereocenters. The number of ether oxygens (including phenoxy) is 3. The summed E-state index contributed by atoms with van der Waals surface area (Å²) in [4.78, 5) is 14.6. The molecule has 0 radical (unpaired) electrons. The Labute approximate surface area is 184 Å². The molecule has 4 rings (SSSR count).